The highest BCUT2D eigenvalue weighted by Crippen LogP contribution is 2.44. The fraction of sp³-hybridized carbons (Fsp3) is 0.706. The van der Waals surface area contributed by atoms with Crippen LogP contribution in [0.2, 0.25) is 0 Å². The number of nitrogens with one attached hydrogen (secondary N) is 1. The lowest BCUT2D eigenvalue weighted by Crippen LogP contribution is -2.48. The van der Waals surface area contributed by atoms with E-state index in [0.29, 0.717) is 29.3 Å². The Kier molecular flexibility index (Phi) is 4.43. The van der Waals surface area contributed by atoms with Gasteiger partial charge in [0.25, 0.3) is 10.0 Å². The van der Waals surface area contributed by atoms with Crippen molar-refractivity contribution >= 4 is 27.3 Å². The quantitative estimate of drug-likeness (QED) is 0.888. The molecule has 2 heterocycles. The summed E-state index contributed by atoms with van der Waals surface area (Å²) in [5.74, 6) is 1.28. The van der Waals surface area contributed by atoms with Gasteiger partial charge < -0.3 is 5.32 Å². The van der Waals surface area contributed by atoms with Crippen LogP contribution in [0.1, 0.15) is 38.5 Å². The predicted molar refractivity (Wildman–Crippen MR) is 93.2 cm³/mol. The van der Waals surface area contributed by atoms with Gasteiger partial charge in [0.05, 0.1) is 5.92 Å². The van der Waals surface area contributed by atoms with Gasteiger partial charge in [0.2, 0.25) is 5.91 Å². The fourth-order valence-corrected chi connectivity index (χ4v) is 7.30. The highest BCUT2D eigenvalue weighted by Gasteiger charge is 2.41. The van der Waals surface area contributed by atoms with E-state index in [4.69, 9.17) is 0 Å². The normalized spacial score (nSPS) is 33.7. The van der Waals surface area contributed by atoms with Crippen molar-refractivity contribution in [3.8, 4) is 0 Å². The topological polar surface area (TPSA) is 66.5 Å². The second kappa shape index (κ2) is 6.42. The smallest absolute Gasteiger partial charge is 0.252 e. The molecular weight excluding hydrogens is 344 g/mol. The summed E-state index contributed by atoms with van der Waals surface area (Å²) >= 11 is 1.24. The van der Waals surface area contributed by atoms with E-state index >= 15 is 0 Å². The summed E-state index contributed by atoms with van der Waals surface area (Å²) in [6, 6.07) is 3.71. The van der Waals surface area contributed by atoms with Gasteiger partial charge in [0, 0.05) is 19.1 Å². The third kappa shape index (κ3) is 3.02. The molecule has 3 aliphatic rings. The second-order valence-corrected chi connectivity index (χ2v) is 10.5. The lowest BCUT2D eigenvalue weighted by molar-refractivity contribution is -0.127. The number of rotatable bonds is 4. The van der Waals surface area contributed by atoms with Crippen molar-refractivity contribution < 1.29 is 13.2 Å². The van der Waals surface area contributed by atoms with Gasteiger partial charge in [0.15, 0.2) is 0 Å². The molecule has 2 bridgehead atoms. The van der Waals surface area contributed by atoms with Crippen LogP contribution >= 0.6 is 11.3 Å². The standard InChI is InChI=1S/C17H24N2O3S2/c20-17(18-15-10-12-5-6-13(15)9-12)14-3-1-7-19(11-14)24(21,22)16-4-2-8-23-16/h2,4,8,12-15H,1,3,5-7,9-11H2,(H,18,20)/t12-,13-,14-,15+/m0/s1. The molecule has 0 aromatic carbocycles. The van der Waals surface area contributed by atoms with Crippen LogP contribution in [0.3, 0.4) is 0 Å². The summed E-state index contributed by atoms with van der Waals surface area (Å²) in [7, 11) is -3.45. The monoisotopic (exact) mass is 368 g/mol. The van der Waals surface area contributed by atoms with Gasteiger partial charge in [-0.2, -0.15) is 4.31 Å². The van der Waals surface area contributed by atoms with Crippen LogP contribution in [0.5, 0.6) is 0 Å². The lowest BCUT2D eigenvalue weighted by Gasteiger charge is -2.32. The molecule has 4 rings (SSSR count). The number of nitrogens with zero attached hydrogens (tertiary/aromatic N) is 1. The maximum Gasteiger partial charge on any atom is 0.252 e. The molecule has 2 saturated carbocycles. The lowest BCUT2D eigenvalue weighted by atomic mass is 9.93. The third-order valence-electron chi connectivity index (χ3n) is 5.91. The number of thiophene rings is 1. The fourth-order valence-electron chi connectivity index (χ4n) is 4.63. The molecule has 132 valence electrons. The van der Waals surface area contributed by atoms with Crippen molar-refractivity contribution in [2.45, 2.75) is 48.8 Å². The second-order valence-electron chi connectivity index (χ2n) is 7.42. The minimum atomic E-state index is -3.45. The highest BCUT2D eigenvalue weighted by atomic mass is 32.2. The maximum absolute atomic E-state index is 12.7. The number of carbonyl (C=O) groups excluding carboxylic acids is 1. The van der Waals surface area contributed by atoms with Crippen molar-refractivity contribution in [1.82, 2.24) is 9.62 Å². The van der Waals surface area contributed by atoms with Crippen LogP contribution < -0.4 is 5.32 Å². The zero-order valence-electron chi connectivity index (χ0n) is 13.7. The molecule has 24 heavy (non-hydrogen) atoms. The van der Waals surface area contributed by atoms with Crippen LogP contribution in [0.15, 0.2) is 21.7 Å². The van der Waals surface area contributed by atoms with E-state index < -0.39 is 10.0 Å². The number of carbonyl (C=O) groups is 1. The number of hydrogen-bond donors (Lipinski definition) is 1. The van der Waals surface area contributed by atoms with Crippen molar-refractivity contribution in [1.29, 1.82) is 0 Å². The molecule has 0 spiro atoms. The Balaban J connectivity index is 1.40. The van der Waals surface area contributed by atoms with Crippen molar-refractivity contribution in [3.63, 3.8) is 0 Å². The van der Waals surface area contributed by atoms with E-state index in [1.165, 1.54) is 34.9 Å². The third-order valence-corrected chi connectivity index (χ3v) is 9.15. The number of hydrogen-bond acceptors (Lipinski definition) is 4. The van der Waals surface area contributed by atoms with Gasteiger partial charge in [0.1, 0.15) is 4.21 Å². The average Bonchev–Trinajstić information content (AvgIpc) is 3.32. The summed E-state index contributed by atoms with van der Waals surface area (Å²) in [4.78, 5) is 12.7. The first-order valence-electron chi connectivity index (χ1n) is 8.88. The van der Waals surface area contributed by atoms with E-state index in [1.54, 1.807) is 17.5 Å². The van der Waals surface area contributed by atoms with E-state index in [-0.39, 0.29) is 11.8 Å². The summed E-state index contributed by atoms with van der Waals surface area (Å²) in [6.45, 7) is 0.824. The highest BCUT2D eigenvalue weighted by molar-refractivity contribution is 7.91. The minimum Gasteiger partial charge on any atom is -0.353 e. The molecular formula is C17H24N2O3S2. The molecule has 2 aliphatic carbocycles. The Hall–Kier alpha value is -0.920. The number of piperidine rings is 1. The van der Waals surface area contributed by atoms with E-state index in [2.05, 4.69) is 5.32 Å². The summed E-state index contributed by atoms with van der Waals surface area (Å²) in [6.07, 6.45) is 6.45. The van der Waals surface area contributed by atoms with Crippen molar-refractivity contribution in [2.75, 3.05) is 13.1 Å². The molecule has 1 aliphatic heterocycles. The molecule has 7 heteroatoms. The largest absolute Gasteiger partial charge is 0.353 e. The van der Waals surface area contributed by atoms with Crippen molar-refractivity contribution in [3.05, 3.63) is 17.5 Å². The molecule has 4 atom stereocenters. The number of amides is 1. The molecule has 1 amide bonds. The first-order valence-corrected chi connectivity index (χ1v) is 11.2. The van der Waals surface area contributed by atoms with Crippen LogP contribution in [0, 0.1) is 17.8 Å². The summed E-state index contributed by atoms with van der Waals surface area (Å²) in [5.41, 5.74) is 0. The minimum absolute atomic E-state index is 0.0543. The Morgan fingerprint density at radius 1 is 1.25 bits per heavy atom. The maximum atomic E-state index is 12.7. The summed E-state index contributed by atoms with van der Waals surface area (Å²) in [5, 5.41) is 5.00. The molecule has 3 fully saturated rings. The Morgan fingerprint density at radius 2 is 2.12 bits per heavy atom. The molecule has 1 aromatic heterocycles. The SMILES string of the molecule is O=C(N[C@@H]1C[C@H]2CC[C@H]1C2)[C@H]1CCCN(S(=O)(=O)c2cccs2)C1. The molecule has 0 radical (unpaired) electrons. The molecule has 0 unspecified atom stereocenters. The van der Waals surface area contributed by atoms with Crippen LogP contribution in [0.4, 0.5) is 0 Å². The molecule has 1 aromatic rings. The summed E-state index contributed by atoms with van der Waals surface area (Å²) < 4.78 is 27.2. The Bertz CT molecular complexity index is 701. The zero-order valence-corrected chi connectivity index (χ0v) is 15.3. The first-order chi connectivity index (χ1) is 11.5. The van der Waals surface area contributed by atoms with Gasteiger partial charge in [-0.05, 0) is 55.4 Å². The molecule has 1 N–H and O–H groups in total. The number of fused-ring (bicyclic) bond motifs is 2. The van der Waals surface area contributed by atoms with E-state index in [0.717, 1.165) is 25.2 Å². The molecule has 5 nitrogen and oxygen atoms in total. The van der Waals surface area contributed by atoms with Crippen LogP contribution in [-0.4, -0.2) is 37.8 Å². The van der Waals surface area contributed by atoms with Crippen molar-refractivity contribution in [2.24, 2.45) is 17.8 Å². The zero-order chi connectivity index (χ0) is 16.7. The van der Waals surface area contributed by atoms with Crippen LogP contribution in [0.25, 0.3) is 0 Å². The Morgan fingerprint density at radius 3 is 2.79 bits per heavy atom. The average molecular weight is 369 g/mol. The number of sulfonamides is 1. The van der Waals surface area contributed by atoms with Gasteiger partial charge in [-0.25, -0.2) is 8.42 Å². The van der Waals surface area contributed by atoms with Gasteiger partial charge in [-0.1, -0.05) is 12.5 Å². The Labute approximate surface area is 147 Å². The van der Waals surface area contributed by atoms with Crippen LogP contribution in [-0.2, 0) is 14.8 Å². The van der Waals surface area contributed by atoms with Gasteiger partial charge in [-0.3, -0.25) is 4.79 Å². The van der Waals surface area contributed by atoms with Gasteiger partial charge in [-0.15, -0.1) is 11.3 Å². The van der Waals surface area contributed by atoms with E-state index in [9.17, 15) is 13.2 Å². The first kappa shape index (κ1) is 16.5. The predicted octanol–water partition coefficient (Wildman–Crippen LogP) is 2.45. The molecule has 1 saturated heterocycles. The van der Waals surface area contributed by atoms with E-state index in [1.807, 2.05) is 0 Å². The van der Waals surface area contributed by atoms with Gasteiger partial charge >= 0.3 is 0 Å².